The first-order valence-corrected chi connectivity index (χ1v) is 6.77. The Morgan fingerprint density at radius 2 is 2.20 bits per heavy atom. The maximum absolute atomic E-state index is 11.9. The van der Waals surface area contributed by atoms with E-state index in [1.807, 2.05) is 13.8 Å². The first-order chi connectivity index (χ1) is 9.38. The van der Waals surface area contributed by atoms with Crippen molar-refractivity contribution in [1.29, 1.82) is 0 Å². The van der Waals surface area contributed by atoms with Crippen LogP contribution in [0.1, 0.15) is 27.2 Å². The summed E-state index contributed by atoms with van der Waals surface area (Å²) in [6, 6.07) is -0.660. The topological polar surface area (TPSA) is 84.9 Å². The number of esters is 1. The summed E-state index contributed by atoms with van der Waals surface area (Å²) in [5.41, 5.74) is 0. The molecule has 7 heteroatoms. The van der Waals surface area contributed by atoms with Crippen LogP contribution >= 0.6 is 0 Å². The molecule has 3 unspecified atom stereocenters. The number of rotatable bonds is 5. The van der Waals surface area contributed by atoms with E-state index < -0.39 is 12.0 Å². The smallest absolute Gasteiger partial charge is 0.328 e. The van der Waals surface area contributed by atoms with Crippen molar-refractivity contribution in [2.75, 3.05) is 13.2 Å². The molecular formula is C13H20N2O5. The second-order valence-corrected chi connectivity index (χ2v) is 5.52. The van der Waals surface area contributed by atoms with Gasteiger partial charge in [0.1, 0.15) is 25.0 Å². The highest BCUT2D eigenvalue weighted by atomic mass is 16.6. The molecule has 112 valence electrons. The third-order valence-corrected chi connectivity index (χ3v) is 3.46. The monoisotopic (exact) mass is 284 g/mol. The van der Waals surface area contributed by atoms with Crippen LogP contribution in [0.25, 0.3) is 0 Å². The third kappa shape index (κ3) is 3.09. The Hall–Kier alpha value is -1.63. The molecule has 2 aliphatic rings. The Morgan fingerprint density at radius 3 is 2.70 bits per heavy atom. The van der Waals surface area contributed by atoms with Gasteiger partial charge in [0.25, 0.3) is 0 Å². The molecule has 0 aromatic heterocycles. The zero-order valence-electron chi connectivity index (χ0n) is 11.9. The Bertz CT molecular complexity index is 423. The van der Waals surface area contributed by atoms with E-state index in [9.17, 15) is 14.4 Å². The Kier molecular flexibility index (Phi) is 4.27. The number of ether oxygens (including phenoxy) is 2. The van der Waals surface area contributed by atoms with Crippen LogP contribution in [0.3, 0.4) is 0 Å². The van der Waals surface area contributed by atoms with Gasteiger partial charge >= 0.3 is 5.97 Å². The van der Waals surface area contributed by atoms with Crippen molar-refractivity contribution >= 4 is 17.8 Å². The molecule has 2 amide bonds. The van der Waals surface area contributed by atoms with Gasteiger partial charge in [-0.3, -0.25) is 9.59 Å². The van der Waals surface area contributed by atoms with Crippen LogP contribution < -0.4 is 5.32 Å². The average molecular weight is 284 g/mol. The number of carbonyl (C=O) groups excluding carboxylic acids is 3. The van der Waals surface area contributed by atoms with Gasteiger partial charge < -0.3 is 19.7 Å². The zero-order chi connectivity index (χ0) is 14.9. The predicted octanol–water partition coefficient (Wildman–Crippen LogP) is -0.352. The molecular weight excluding hydrogens is 264 g/mol. The molecule has 0 aromatic carbocycles. The van der Waals surface area contributed by atoms with Gasteiger partial charge in [0.15, 0.2) is 0 Å². The number of β-lactam (4-membered cyclic amide) rings is 1. The van der Waals surface area contributed by atoms with Gasteiger partial charge in [0.2, 0.25) is 11.8 Å². The van der Waals surface area contributed by atoms with E-state index in [1.54, 1.807) is 4.90 Å². The van der Waals surface area contributed by atoms with Gasteiger partial charge in [-0.05, 0) is 5.92 Å². The van der Waals surface area contributed by atoms with Crippen molar-refractivity contribution in [3.63, 3.8) is 0 Å². The van der Waals surface area contributed by atoms with E-state index in [0.717, 1.165) is 0 Å². The molecule has 0 spiro atoms. The van der Waals surface area contributed by atoms with Crippen LogP contribution in [-0.4, -0.2) is 54.2 Å². The Labute approximate surface area is 117 Å². The first-order valence-electron chi connectivity index (χ1n) is 6.77. The number of fused-ring (bicyclic) bond motifs is 1. The van der Waals surface area contributed by atoms with E-state index in [-0.39, 0.29) is 36.7 Å². The van der Waals surface area contributed by atoms with Gasteiger partial charge in [-0.2, -0.15) is 0 Å². The second kappa shape index (κ2) is 5.78. The maximum atomic E-state index is 11.9. The normalized spacial score (nSPS) is 26.0. The Morgan fingerprint density at radius 1 is 1.50 bits per heavy atom. The Balaban J connectivity index is 1.79. The molecule has 0 radical (unpaired) electrons. The van der Waals surface area contributed by atoms with Gasteiger partial charge in [-0.25, -0.2) is 4.79 Å². The molecule has 0 saturated carbocycles. The van der Waals surface area contributed by atoms with E-state index in [4.69, 9.17) is 9.47 Å². The van der Waals surface area contributed by atoms with Crippen molar-refractivity contribution in [3.05, 3.63) is 0 Å². The highest BCUT2D eigenvalue weighted by Gasteiger charge is 2.45. The average Bonchev–Trinajstić information content (AvgIpc) is 2.69. The van der Waals surface area contributed by atoms with Gasteiger partial charge in [-0.1, -0.05) is 13.8 Å². The molecule has 7 nitrogen and oxygen atoms in total. The fraction of sp³-hybridized carbons (Fsp3) is 0.769. The van der Waals surface area contributed by atoms with Crippen LogP contribution in [0.4, 0.5) is 0 Å². The van der Waals surface area contributed by atoms with Crippen LogP contribution in [0.5, 0.6) is 0 Å². The summed E-state index contributed by atoms with van der Waals surface area (Å²) in [7, 11) is 0. The molecule has 2 fully saturated rings. The number of hydrogen-bond donors (Lipinski definition) is 1. The van der Waals surface area contributed by atoms with Crippen molar-refractivity contribution in [1.82, 2.24) is 10.2 Å². The van der Waals surface area contributed by atoms with Crippen LogP contribution in [-0.2, 0) is 23.9 Å². The maximum Gasteiger partial charge on any atom is 0.328 e. The van der Waals surface area contributed by atoms with E-state index >= 15 is 0 Å². The molecule has 0 bridgehead atoms. The largest absolute Gasteiger partial charge is 0.461 e. The molecule has 2 saturated heterocycles. The lowest BCUT2D eigenvalue weighted by Gasteiger charge is -2.31. The lowest BCUT2D eigenvalue weighted by molar-refractivity contribution is -0.160. The van der Waals surface area contributed by atoms with Crippen molar-refractivity contribution in [3.8, 4) is 0 Å². The fourth-order valence-corrected chi connectivity index (χ4v) is 2.32. The molecule has 2 aliphatic heterocycles. The third-order valence-electron chi connectivity index (χ3n) is 3.46. The van der Waals surface area contributed by atoms with Crippen molar-refractivity contribution in [2.45, 2.75) is 45.6 Å². The summed E-state index contributed by atoms with van der Waals surface area (Å²) in [5, 5.41) is 2.57. The van der Waals surface area contributed by atoms with Gasteiger partial charge in [0.05, 0.1) is 13.0 Å². The highest BCUT2D eigenvalue weighted by molar-refractivity contribution is 5.84. The van der Waals surface area contributed by atoms with Crippen molar-refractivity contribution in [2.24, 2.45) is 5.92 Å². The highest BCUT2D eigenvalue weighted by Crippen LogP contribution is 2.28. The van der Waals surface area contributed by atoms with Gasteiger partial charge in [-0.15, -0.1) is 0 Å². The molecule has 3 atom stereocenters. The summed E-state index contributed by atoms with van der Waals surface area (Å²) >= 11 is 0. The molecule has 0 aromatic rings. The second-order valence-electron chi connectivity index (χ2n) is 5.52. The number of hydrogen-bond acceptors (Lipinski definition) is 5. The number of nitrogens with one attached hydrogen (secondary N) is 1. The van der Waals surface area contributed by atoms with E-state index in [0.29, 0.717) is 13.0 Å². The minimum absolute atomic E-state index is 0.0580. The first kappa shape index (κ1) is 14.8. The molecule has 2 rings (SSSR count). The van der Waals surface area contributed by atoms with E-state index in [1.165, 1.54) is 6.92 Å². The molecule has 2 heterocycles. The minimum atomic E-state index is -0.660. The molecule has 1 N–H and O–H groups in total. The van der Waals surface area contributed by atoms with Crippen molar-refractivity contribution < 1.29 is 23.9 Å². The molecule has 20 heavy (non-hydrogen) atoms. The SMILES string of the molecule is CC(=O)NC(C(=O)OCC1CN2C(=O)CC2O1)C(C)C. The zero-order valence-corrected chi connectivity index (χ0v) is 11.9. The summed E-state index contributed by atoms with van der Waals surface area (Å²) in [4.78, 5) is 35.8. The predicted molar refractivity (Wildman–Crippen MR) is 68.4 cm³/mol. The number of amides is 2. The summed E-state index contributed by atoms with van der Waals surface area (Å²) in [6.45, 7) is 5.58. The van der Waals surface area contributed by atoms with Crippen LogP contribution in [0.15, 0.2) is 0 Å². The number of carbonyl (C=O) groups is 3. The lowest BCUT2D eigenvalue weighted by atomic mass is 10.0. The molecule has 0 aliphatic carbocycles. The van der Waals surface area contributed by atoms with Gasteiger partial charge in [0, 0.05) is 6.92 Å². The summed E-state index contributed by atoms with van der Waals surface area (Å²) in [5.74, 6) is -0.730. The standard InChI is InChI=1S/C13H20N2O5/c1-7(2)12(14-8(3)16)13(18)19-6-9-5-15-10(17)4-11(15)20-9/h7,9,11-12H,4-6H2,1-3H3,(H,14,16). The minimum Gasteiger partial charge on any atom is -0.461 e. The quantitative estimate of drug-likeness (QED) is 0.551. The fourth-order valence-electron chi connectivity index (χ4n) is 2.32. The van der Waals surface area contributed by atoms with Crippen LogP contribution in [0, 0.1) is 5.92 Å². The van der Waals surface area contributed by atoms with E-state index in [2.05, 4.69) is 5.32 Å². The summed E-state index contributed by atoms with van der Waals surface area (Å²) in [6.07, 6.45) is -0.0201. The summed E-state index contributed by atoms with van der Waals surface area (Å²) < 4.78 is 10.7. The number of nitrogens with zero attached hydrogens (tertiary/aromatic N) is 1. The van der Waals surface area contributed by atoms with Crippen LogP contribution in [0.2, 0.25) is 0 Å². The lowest BCUT2D eigenvalue weighted by Crippen LogP contribution is -2.48.